The minimum absolute atomic E-state index is 0.0101. The van der Waals surface area contributed by atoms with Gasteiger partial charge in [-0.1, -0.05) is 32.1 Å². The van der Waals surface area contributed by atoms with E-state index in [1.807, 2.05) is 13.8 Å². The second-order valence-electron chi connectivity index (χ2n) is 9.11. The number of nitrogens with zero attached hydrogens (tertiary/aromatic N) is 1. The van der Waals surface area contributed by atoms with E-state index in [1.54, 1.807) is 31.2 Å². The Bertz CT molecular complexity index is 1000. The van der Waals surface area contributed by atoms with E-state index < -0.39 is 33.1 Å². The average Bonchev–Trinajstić information content (AvgIpc) is 3.43. The van der Waals surface area contributed by atoms with E-state index >= 15 is 0 Å². The number of ether oxygens (including phenoxy) is 1. The van der Waals surface area contributed by atoms with E-state index in [9.17, 15) is 22.4 Å². The van der Waals surface area contributed by atoms with Crippen LogP contribution in [0, 0.1) is 11.7 Å². The summed E-state index contributed by atoms with van der Waals surface area (Å²) in [6, 6.07) is 3.68. The number of sulfone groups is 1. The summed E-state index contributed by atoms with van der Waals surface area (Å²) in [5.41, 5.74) is 0.325. The highest BCUT2D eigenvalue weighted by molar-refractivity contribution is 7.91. The Labute approximate surface area is 188 Å². The quantitative estimate of drug-likeness (QED) is 0.399. The molecule has 32 heavy (non-hydrogen) atoms. The van der Waals surface area contributed by atoms with Crippen LogP contribution in [0.5, 0.6) is 5.75 Å². The molecular weight excluding hydrogens is 435 g/mol. The molecule has 3 amide bonds. The number of allylic oxidation sites excluding steroid dienone is 1. The highest BCUT2D eigenvalue weighted by atomic mass is 32.2. The molecule has 1 saturated carbocycles. The number of benzene rings is 1. The van der Waals surface area contributed by atoms with Crippen LogP contribution in [0.25, 0.3) is 0 Å². The van der Waals surface area contributed by atoms with Crippen LogP contribution in [0.15, 0.2) is 30.4 Å². The van der Waals surface area contributed by atoms with E-state index in [0.717, 1.165) is 18.4 Å². The van der Waals surface area contributed by atoms with Gasteiger partial charge in [-0.05, 0) is 49.8 Å². The fourth-order valence-electron chi connectivity index (χ4n) is 3.75. The van der Waals surface area contributed by atoms with Crippen molar-refractivity contribution in [2.75, 3.05) is 24.7 Å². The van der Waals surface area contributed by atoms with E-state index in [4.69, 9.17) is 4.74 Å². The molecule has 1 heterocycles. The Kier molecular flexibility index (Phi) is 7.27. The van der Waals surface area contributed by atoms with Gasteiger partial charge in [-0.2, -0.15) is 0 Å². The van der Waals surface area contributed by atoms with Crippen LogP contribution < -0.4 is 10.1 Å². The summed E-state index contributed by atoms with van der Waals surface area (Å²) in [6.45, 7) is 6.24. The Morgan fingerprint density at radius 1 is 1.28 bits per heavy atom. The zero-order valence-electron chi connectivity index (χ0n) is 18.8. The largest absolute Gasteiger partial charge is 0.490 e. The number of hydrogen-bond acceptors (Lipinski definition) is 5. The Morgan fingerprint density at radius 3 is 2.59 bits per heavy atom. The number of imide groups is 1. The summed E-state index contributed by atoms with van der Waals surface area (Å²) >= 11 is 0. The normalized spacial score (nSPS) is 20.3. The molecule has 2 aliphatic rings. The first-order chi connectivity index (χ1) is 15.0. The second-order valence-corrected chi connectivity index (χ2v) is 11.3. The van der Waals surface area contributed by atoms with Gasteiger partial charge in [0.1, 0.15) is 6.04 Å². The predicted octanol–water partition coefficient (Wildman–Crippen LogP) is 3.19. The van der Waals surface area contributed by atoms with Crippen molar-refractivity contribution in [1.29, 1.82) is 0 Å². The molecule has 1 aliphatic heterocycles. The molecule has 1 N–H and O–H groups in total. The van der Waals surface area contributed by atoms with Crippen LogP contribution in [0.1, 0.15) is 45.6 Å². The lowest BCUT2D eigenvalue weighted by Crippen LogP contribution is -2.32. The van der Waals surface area contributed by atoms with Crippen molar-refractivity contribution < 1.29 is 27.1 Å². The molecule has 0 bridgehead atoms. The molecule has 1 aromatic rings. The molecule has 1 atom stereocenters. The van der Waals surface area contributed by atoms with Gasteiger partial charge in [0.25, 0.3) is 5.91 Å². The van der Waals surface area contributed by atoms with E-state index in [-0.39, 0.29) is 35.6 Å². The predicted molar refractivity (Wildman–Crippen MR) is 120 cm³/mol. The smallest absolute Gasteiger partial charge is 0.325 e. The van der Waals surface area contributed by atoms with Gasteiger partial charge in [0, 0.05) is 12.0 Å². The molecule has 176 valence electrons. The topological polar surface area (TPSA) is 92.8 Å². The van der Waals surface area contributed by atoms with Gasteiger partial charge in [0.15, 0.2) is 21.4 Å². The molecule has 3 rings (SSSR count). The third-order valence-corrected chi connectivity index (χ3v) is 7.72. The first kappa shape index (κ1) is 24.2. The molecule has 0 spiro atoms. The van der Waals surface area contributed by atoms with Crippen molar-refractivity contribution in [3.63, 3.8) is 0 Å². The zero-order valence-corrected chi connectivity index (χ0v) is 19.6. The first-order valence-electron chi connectivity index (χ1n) is 10.9. The van der Waals surface area contributed by atoms with Gasteiger partial charge < -0.3 is 9.64 Å². The van der Waals surface area contributed by atoms with Crippen LogP contribution in [-0.4, -0.2) is 56.0 Å². The monoisotopic (exact) mass is 466 g/mol. The minimum atomic E-state index is -3.34. The van der Waals surface area contributed by atoms with Gasteiger partial charge in [0.2, 0.25) is 0 Å². The molecule has 0 aromatic heterocycles. The maximum absolute atomic E-state index is 14.1. The lowest BCUT2D eigenvalue weighted by atomic mass is 9.98. The molecule has 0 radical (unpaired) electrons. The Morgan fingerprint density at radius 2 is 2.00 bits per heavy atom. The summed E-state index contributed by atoms with van der Waals surface area (Å²) in [5, 5.41) is 2.24. The van der Waals surface area contributed by atoms with Gasteiger partial charge in [-0.25, -0.2) is 17.6 Å². The van der Waals surface area contributed by atoms with E-state index in [1.165, 1.54) is 11.0 Å². The van der Waals surface area contributed by atoms with Gasteiger partial charge >= 0.3 is 6.03 Å². The number of halogens is 1. The molecular formula is C23H31FN2O5S. The van der Waals surface area contributed by atoms with Crippen molar-refractivity contribution in [1.82, 2.24) is 10.2 Å². The molecule has 2 fully saturated rings. The number of carbonyl (C=O) groups excluding carboxylic acids is 2. The van der Waals surface area contributed by atoms with Gasteiger partial charge in [-0.3, -0.25) is 10.1 Å². The minimum Gasteiger partial charge on any atom is -0.490 e. The highest BCUT2D eigenvalue weighted by Gasteiger charge is 2.47. The molecule has 1 saturated heterocycles. The lowest BCUT2D eigenvalue weighted by Gasteiger charge is -2.18. The summed E-state index contributed by atoms with van der Waals surface area (Å²) in [5.74, 6) is -0.348. The molecule has 1 aromatic carbocycles. The third-order valence-electron chi connectivity index (χ3n) is 5.87. The standard InChI is InChI=1S/C23H31FN2O5S/c1-16(2)14-31-20-13-18(7-8-19(20)24)23(9-10-23)15-32(29,30)12-6-4-5-11-26-17(3)21(27)25-22(26)28/h4-5,7-8,13,16-17H,6,9-12,14-15H2,1-3H3,(H,25,27,28)/b5-4+/t17-/m0/s1. The van der Waals surface area contributed by atoms with Gasteiger partial charge in [-0.15, -0.1) is 0 Å². The summed E-state index contributed by atoms with van der Waals surface area (Å²) in [7, 11) is -3.34. The van der Waals surface area contributed by atoms with Crippen LogP contribution in [0.4, 0.5) is 9.18 Å². The Hall–Kier alpha value is -2.42. The van der Waals surface area contributed by atoms with Crippen molar-refractivity contribution in [3.8, 4) is 5.75 Å². The molecule has 7 nitrogen and oxygen atoms in total. The maximum atomic E-state index is 14.1. The van der Waals surface area contributed by atoms with Crippen molar-refractivity contribution in [2.24, 2.45) is 5.92 Å². The van der Waals surface area contributed by atoms with Crippen LogP contribution in [-0.2, 0) is 20.0 Å². The Balaban J connectivity index is 1.55. The first-order valence-corrected chi connectivity index (χ1v) is 12.7. The van der Waals surface area contributed by atoms with Crippen LogP contribution in [0.3, 0.4) is 0 Å². The van der Waals surface area contributed by atoms with Crippen LogP contribution >= 0.6 is 0 Å². The number of carbonyl (C=O) groups is 2. The number of rotatable bonds is 11. The molecule has 9 heteroatoms. The van der Waals surface area contributed by atoms with E-state index in [2.05, 4.69) is 5.32 Å². The fourth-order valence-corrected chi connectivity index (χ4v) is 5.69. The third kappa shape index (κ3) is 5.88. The molecule has 1 aliphatic carbocycles. The SMILES string of the molecule is CC(C)COc1cc(C2(CS(=O)(=O)CC/C=C/CN3C(=O)NC(=O)[C@@H]3C)CC2)ccc1F. The van der Waals surface area contributed by atoms with Gasteiger partial charge in [0.05, 0.1) is 18.1 Å². The summed E-state index contributed by atoms with van der Waals surface area (Å²) in [6.07, 6.45) is 5.23. The van der Waals surface area contributed by atoms with Crippen molar-refractivity contribution in [3.05, 3.63) is 41.7 Å². The average molecular weight is 467 g/mol. The number of urea groups is 1. The summed E-state index contributed by atoms with van der Waals surface area (Å²) in [4.78, 5) is 24.5. The molecule has 0 unspecified atom stereocenters. The maximum Gasteiger partial charge on any atom is 0.325 e. The van der Waals surface area contributed by atoms with E-state index in [0.29, 0.717) is 13.0 Å². The number of nitrogens with one attached hydrogen (secondary N) is 1. The second kappa shape index (κ2) is 9.60. The fraction of sp³-hybridized carbons (Fsp3) is 0.565. The van der Waals surface area contributed by atoms with Crippen molar-refractivity contribution >= 4 is 21.8 Å². The number of hydrogen-bond donors (Lipinski definition) is 1. The van der Waals surface area contributed by atoms with Crippen LogP contribution in [0.2, 0.25) is 0 Å². The zero-order chi connectivity index (χ0) is 23.5. The summed E-state index contributed by atoms with van der Waals surface area (Å²) < 4.78 is 45.1. The highest BCUT2D eigenvalue weighted by Crippen LogP contribution is 2.50. The van der Waals surface area contributed by atoms with Crippen molar-refractivity contribution in [2.45, 2.75) is 51.5 Å². The number of amides is 3. The lowest BCUT2D eigenvalue weighted by molar-refractivity contribution is -0.120.